The SMILES string of the molecule is CCC(C)C(NCCc1csc2ccccc12)C(=O)OCc1ccccc1. The van der Waals surface area contributed by atoms with Gasteiger partial charge in [0.25, 0.3) is 0 Å². The maximum absolute atomic E-state index is 12.6. The highest BCUT2D eigenvalue weighted by Crippen LogP contribution is 2.25. The third-order valence-corrected chi connectivity index (χ3v) is 6.02. The number of thiophene rings is 1. The average molecular weight is 382 g/mol. The first-order valence-electron chi connectivity index (χ1n) is 9.58. The zero-order valence-electron chi connectivity index (χ0n) is 16.0. The third-order valence-electron chi connectivity index (χ3n) is 5.01. The standard InChI is InChI=1S/C23H27NO2S/c1-3-17(2)22(23(25)26-15-18-9-5-4-6-10-18)24-14-13-19-16-27-21-12-8-7-11-20(19)21/h4-12,16-17,22,24H,3,13-15H2,1-2H3. The molecule has 142 valence electrons. The molecular formula is C23H27NO2S. The Kier molecular flexibility index (Phi) is 7.02. The first-order valence-corrected chi connectivity index (χ1v) is 10.5. The molecule has 0 amide bonds. The predicted octanol–water partition coefficient (Wildman–Crippen LogP) is 5.19. The highest BCUT2D eigenvalue weighted by atomic mass is 32.1. The molecule has 4 heteroatoms. The Balaban J connectivity index is 1.57. The van der Waals surface area contributed by atoms with Crippen LogP contribution in [-0.2, 0) is 22.6 Å². The Labute approximate surface area is 165 Å². The molecule has 2 atom stereocenters. The van der Waals surface area contributed by atoms with Gasteiger partial charge in [0.1, 0.15) is 12.6 Å². The fourth-order valence-electron chi connectivity index (χ4n) is 3.16. The van der Waals surface area contributed by atoms with E-state index in [1.165, 1.54) is 15.6 Å². The van der Waals surface area contributed by atoms with Crippen LogP contribution in [0.25, 0.3) is 10.1 Å². The number of ether oxygens (including phenoxy) is 1. The third kappa shape index (κ3) is 5.18. The zero-order chi connectivity index (χ0) is 19.1. The minimum absolute atomic E-state index is 0.164. The Bertz CT molecular complexity index is 859. The second-order valence-electron chi connectivity index (χ2n) is 6.92. The van der Waals surface area contributed by atoms with Crippen molar-refractivity contribution in [2.45, 2.75) is 39.3 Å². The molecule has 1 aromatic heterocycles. The monoisotopic (exact) mass is 381 g/mol. The van der Waals surface area contributed by atoms with E-state index in [-0.39, 0.29) is 17.9 Å². The van der Waals surface area contributed by atoms with Crippen molar-refractivity contribution < 1.29 is 9.53 Å². The van der Waals surface area contributed by atoms with Crippen LogP contribution in [0.3, 0.4) is 0 Å². The smallest absolute Gasteiger partial charge is 0.323 e. The number of fused-ring (bicyclic) bond motifs is 1. The van der Waals surface area contributed by atoms with Crippen LogP contribution in [0.15, 0.2) is 60.0 Å². The van der Waals surface area contributed by atoms with Crippen LogP contribution < -0.4 is 5.32 Å². The number of hydrogen-bond acceptors (Lipinski definition) is 4. The first kappa shape index (κ1) is 19.6. The zero-order valence-corrected chi connectivity index (χ0v) is 16.8. The van der Waals surface area contributed by atoms with Crippen molar-refractivity contribution in [2.75, 3.05) is 6.54 Å². The molecule has 0 fully saturated rings. The summed E-state index contributed by atoms with van der Waals surface area (Å²) >= 11 is 1.78. The summed E-state index contributed by atoms with van der Waals surface area (Å²) in [4.78, 5) is 12.6. The van der Waals surface area contributed by atoms with Gasteiger partial charge in [-0.15, -0.1) is 11.3 Å². The summed E-state index contributed by atoms with van der Waals surface area (Å²) < 4.78 is 6.89. The van der Waals surface area contributed by atoms with Crippen LogP contribution in [0.4, 0.5) is 0 Å². The van der Waals surface area contributed by atoms with E-state index in [1.54, 1.807) is 11.3 Å². The molecule has 27 heavy (non-hydrogen) atoms. The lowest BCUT2D eigenvalue weighted by molar-refractivity contribution is -0.149. The molecule has 0 aliphatic heterocycles. The average Bonchev–Trinajstić information content (AvgIpc) is 3.13. The van der Waals surface area contributed by atoms with Gasteiger partial charge >= 0.3 is 5.97 Å². The van der Waals surface area contributed by atoms with Gasteiger partial charge in [-0.2, -0.15) is 0 Å². The summed E-state index contributed by atoms with van der Waals surface area (Å²) in [6.07, 6.45) is 1.84. The van der Waals surface area contributed by atoms with E-state index in [9.17, 15) is 4.79 Å². The van der Waals surface area contributed by atoms with Crippen molar-refractivity contribution >= 4 is 27.4 Å². The molecule has 0 aliphatic carbocycles. The van der Waals surface area contributed by atoms with Crippen LogP contribution in [0.1, 0.15) is 31.4 Å². The van der Waals surface area contributed by atoms with Crippen LogP contribution >= 0.6 is 11.3 Å². The molecule has 0 radical (unpaired) electrons. The van der Waals surface area contributed by atoms with Crippen molar-refractivity contribution in [1.29, 1.82) is 0 Å². The summed E-state index contributed by atoms with van der Waals surface area (Å²) in [6.45, 7) is 5.29. The fourth-order valence-corrected chi connectivity index (χ4v) is 4.16. The molecule has 1 N–H and O–H groups in total. The number of nitrogens with one attached hydrogen (secondary N) is 1. The first-order chi connectivity index (χ1) is 13.2. The molecule has 2 unspecified atom stereocenters. The van der Waals surface area contributed by atoms with Gasteiger partial charge in [0, 0.05) is 11.2 Å². The predicted molar refractivity (Wildman–Crippen MR) is 113 cm³/mol. The lowest BCUT2D eigenvalue weighted by Gasteiger charge is -2.23. The highest BCUT2D eigenvalue weighted by molar-refractivity contribution is 7.17. The van der Waals surface area contributed by atoms with Crippen molar-refractivity contribution in [1.82, 2.24) is 5.32 Å². The van der Waals surface area contributed by atoms with E-state index in [0.717, 1.165) is 24.9 Å². The van der Waals surface area contributed by atoms with E-state index in [1.807, 2.05) is 30.3 Å². The van der Waals surface area contributed by atoms with E-state index in [0.29, 0.717) is 6.61 Å². The van der Waals surface area contributed by atoms with E-state index >= 15 is 0 Å². The van der Waals surface area contributed by atoms with Gasteiger partial charge in [0.2, 0.25) is 0 Å². The molecule has 0 saturated heterocycles. The van der Waals surface area contributed by atoms with Crippen LogP contribution in [0.2, 0.25) is 0 Å². The summed E-state index contributed by atoms with van der Waals surface area (Å²) in [5.74, 6) is 0.0656. The maximum atomic E-state index is 12.6. The van der Waals surface area contributed by atoms with Crippen molar-refractivity contribution in [3.8, 4) is 0 Å². The molecular weight excluding hydrogens is 354 g/mol. The Hall–Kier alpha value is -2.17. The van der Waals surface area contributed by atoms with E-state index in [2.05, 4.69) is 48.8 Å². The van der Waals surface area contributed by atoms with Crippen LogP contribution in [0.5, 0.6) is 0 Å². The fraction of sp³-hybridized carbons (Fsp3) is 0.348. The molecule has 3 rings (SSSR count). The summed E-state index contributed by atoms with van der Waals surface area (Å²) in [6, 6.07) is 18.0. The van der Waals surface area contributed by atoms with Gasteiger partial charge in [0.15, 0.2) is 0 Å². The minimum atomic E-state index is -0.274. The largest absolute Gasteiger partial charge is 0.460 e. The molecule has 3 nitrogen and oxygen atoms in total. The minimum Gasteiger partial charge on any atom is -0.460 e. The van der Waals surface area contributed by atoms with Crippen molar-refractivity contribution in [3.05, 3.63) is 71.1 Å². The lowest BCUT2D eigenvalue weighted by atomic mass is 9.99. The summed E-state index contributed by atoms with van der Waals surface area (Å²) in [7, 11) is 0. The lowest BCUT2D eigenvalue weighted by Crippen LogP contribution is -2.43. The molecule has 1 heterocycles. The molecule has 0 bridgehead atoms. The van der Waals surface area contributed by atoms with Gasteiger partial charge in [-0.1, -0.05) is 68.8 Å². The van der Waals surface area contributed by atoms with Gasteiger partial charge < -0.3 is 10.1 Å². The number of carbonyl (C=O) groups is 1. The number of esters is 1. The molecule has 2 aromatic carbocycles. The summed E-state index contributed by atoms with van der Waals surface area (Å²) in [5.41, 5.74) is 2.35. The van der Waals surface area contributed by atoms with Gasteiger partial charge in [0.05, 0.1) is 0 Å². The topological polar surface area (TPSA) is 38.3 Å². The second kappa shape index (κ2) is 9.67. The molecule has 0 spiro atoms. The summed E-state index contributed by atoms with van der Waals surface area (Å²) in [5, 5.41) is 6.98. The maximum Gasteiger partial charge on any atom is 0.323 e. The van der Waals surface area contributed by atoms with Crippen LogP contribution in [0, 0.1) is 5.92 Å². The second-order valence-corrected chi connectivity index (χ2v) is 7.83. The Morgan fingerprint density at radius 2 is 1.85 bits per heavy atom. The van der Waals surface area contributed by atoms with Gasteiger partial charge in [-0.3, -0.25) is 4.79 Å². The molecule has 3 aromatic rings. The Morgan fingerprint density at radius 3 is 2.63 bits per heavy atom. The number of hydrogen-bond donors (Lipinski definition) is 1. The number of benzene rings is 2. The van der Waals surface area contributed by atoms with E-state index in [4.69, 9.17) is 4.74 Å². The normalized spacial score (nSPS) is 13.4. The number of rotatable bonds is 9. The van der Waals surface area contributed by atoms with Crippen LogP contribution in [-0.4, -0.2) is 18.6 Å². The van der Waals surface area contributed by atoms with Crippen molar-refractivity contribution in [3.63, 3.8) is 0 Å². The molecule has 0 saturated carbocycles. The van der Waals surface area contributed by atoms with E-state index < -0.39 is 0 Å². The highest BCUT2D eigenvalue weighted by Gasteiger charge is 2.25. The Morgan fingerprint density at radius 1 is 1.11 bits per heavy atom. The van der Waals surface area contributed by atoms with Gasteiger partial charge in [-0.25, -0.2) is 0 Å². The quantitative estimate of drug-likeness (QED) is 0.518. The number of carbonyl (C=O) groups excluding carboxylic acids is 1. The van der Waals surface area contributed by atoms with Gasteiger partial charge in [-0.05, 0) is 40.3 Å². The van der Waals surface area contributed by atoms with Crippen molar-refractivity contribution in [2.24, 2.45) is 5.92 Å². The molecule has 0 aliphatic rings.